The van der Waals surface area contributed by atoms with Crippen LogP contribution in [0.25, 0.3) is 22.0 Å². The Morgan fingerprint density at radius 3 is 2.67 bits per heavy atom. The summed E-state index contributed by atoms with van der Waals surface area (Å²) < 4.78 is 5.47. The molecule has 5 nitrogen and oxygen atoms in total. The molecule has 1 aromatic heterocycles. The van der Waals surface area contributed by atoms with E-state index < -0.39 is 0 Å². The number of hydrogen-bond donors (Lipinski definition) is 2. The van der Waals surface area contributed by atoms with Crippen molar-refractivity contribution in [1.82, 2.24) is 10.3 Å². The normalized spacial score (nSPS) is 11.1. The van der Waals surface area contributed by atoms with E-state index in [-0.39, 0.29) is 12.0 Å². The average molecular weight is 363 g/mol. The summed E-state index contributed by atoms with van der Waals surface area (Å²) >= 11 is 0. The molecule has 140 valence electrons. The Morgan fingerprint density at radius 2 is 1.93 bits per heavy atom. The van der Waals surface area contributed by atoms with Gasteiger partial charge >= 0.3 is 0 Å². The molecule has 0 bridgehead atoms. The van der Waals surface area contributed by atoms with Crippen LogP contribution in [0.4, 0.5) is 5.69 Å². The number of anilines is 1. The number of aromatic nitrogens is 1. The van der Waals surface area contributed by atoms with Crippen LogP contribution in [0.15, 0.2) is 54.7 Å². The maximum atomic E-state index is 12.3. The number of hydrogen-bond acceptors (Lipinski definition) is 4. The Hall–Kier alpha value is -2.92. The van der Waals surface area contributed by atoms with E-state index in [1.807, 2.05) is 56.3 Å². The van der Waals surface area contributed by atoms with Crippen molar-refractivity contribution in [2.24, 2.45) is 0 Å². The van der Waals surface area contributed by atoms with Gasteiger partial charge in [0.1, 0.15) is 0 Å². The maximum Gasteiger partial charge on any atom is 0.251 e. The lowest BCUT2D eigenvalue weighted by Gasteiger charge is -2.10. The zero-order valence-corrected chi connectivity index (χ0v) is 15.7. The van der Waals surface area contributed by atoms with Crippen molar-refractivity contribution < 1.29 is 9.53 Å². The van der Waals surface area contributed by atoms with Crippen LogP contribution < -0.4 is 11.1 Å². The number of pyridine rings is 1. The molecule has 0 aliphatic carbocycles. The number of benzene rings is 2. The molecule has 2 aromatic carbocycles. The van der Waals surface area contributed by atoms with E-state index in [1.54, 1.807) is 12.3 Å². The number of nitrogen functional groups attached to an aromatic ring is 1. The third kappa shape index (κ3) is 4.63. The van der Waals surface area contributed by atoms with Crippen LogP contribution in [0.5, 0.6) is 0 Å². The second-order valence-electron chi connectivity index (χ2n) is 6.71. The Kier molecular flexibility index (Phi) is 6.04. The first-order valence-corrected chi connectivity index (χ1v) is 9.19. The van der Waals surface area contributed by atoms with Crippen molar-refractivity contribution in [3.8, 4) is 11.1 Å². The number of ether oxygens (including phenoxy) is 1. The van der Waals surface area contributed by atoms with Crippen molar-refractivity contribution in [2.45, 2.75) is 26.4 Å². The lowest BCUT2D eigenvalue weighted by atomic mass is 10.00. The van der Waals surface area contributed by atoms with Crippen LogP contribution >= 0.6 is 0 Å². The van der Waals surface area contributed by atoms with Crippen molar-refractivity contribution in [2.75, 3.05) is 18.9 Å². The van der Waals surface area contributed by atoms with Gasteiger partial charge < -0.3 is 15.8 Å². The highest BCUT2D eigenvalue weighted by atomic mass is 16.5. The molecule has 1 heterocycles. The fraction of sp³-hybridized carbons (Fsp3) is 0.273. The van der Waals surface area contributed by atoms with E-state index >= 15 is 0 Å². The first-order valence-electron chi connectivity index (χ1n) is 9.19. The molecule has 0 saturated heterocycles. The second-order valence-corrected chi connectivity index (χ2v) is 6.71. The fourth-order valence-electron chi connectivity index (χ4n) is 2.93. The Morgan fingerprint density at radius 1 is 1.15 bits per heavy atom. The number of nitrogens with zero attached hydrogens (tertiary/aromatic N) is 1. The third-order valence-electron chi connectivity index (χ3n) is 4.32. The van der Waals surface area contributed by atoms with Gasteiger partial charge in [-0.2, -0.15) is 0 Å². The van der Waals surface area contributed by atoms with E-state index in [0.29, 0.717) is 24.4 Å². The zero-order valence-electron chi connectivity index (χ0n) is 15.7. The summed E-state index contributed by atoms with van der Waals surface area (Å²) in [6, 6.07) is 15.3. The van der Waals surface area contributed by atoms with Gasteiger partial charge in [0.2, 0.25) is 0 Å². The lowest BCUT2D eigenvalue weighted by molar-refractivity contribution is 0.0757. The highest BCUT2D eigenvalue weighted by Crippen LogP contribution is 2.29. The monoisotopic (exact) mass is 363 g/mol. The largest absolute Gasteiger partial charge is 0.398 e. The van der Waals surface area contributed by atoms with Crippen LogP contribution in [0.3, 0.4) is 0 Å². The van der Waals surface area contributed by atoms with Crippen molar-refractivity contribution in [3.05, 3.63) is 60.3 Å². The summed E-state index contributed by atoms with van der Waals surface area (Å²) in [6.45, 7) is 5.24. The van der Waals surface area contributed by atoms with Gasteiger partial charge in [-0.05, 0) is 44.0 Å². The van der Waals surface area contributed by atoms with E-state index in [4.69, 9.17) is 10.5 Å². The van der Waals surface area contributed by atoms with Crippen molar-refractivity contribution >= 4 is 22.5 Å². The van der Waals surface area contributed by atoms with Gasteiger partial charge in [-0.15, -0.1) is 0 Å². The molecule has 1 amide bonds. The molecule has 0 aliphatic heterocycles. The predicted octanol–water partition coefficient (Wildman–Crippen LogP) is 4.03. The predicted molar refractivity (Wildman–Crippen MR) is 110 cm³/mol. The standard InChI is InChI=1S/C22H25N3O2/c1-15(2)27-14-4-12-25-22(26)17-9-7-16(8-10-17)18-5-3-6-19-20(23)11-13-24-21(18)19/h3,5-11,13,15H,4,12,14H2,1-2H3,(H2,23,24)(H,25,26). The summed E-state index contributed by atoms with van der Waals surface area (Å²) in [7, 11) is 0. The number of nitrogens with one attached hydrogen (secondary N) is 1. The molecule has 0 aliphatic rings. The number of para-hydroxylation sites is 1. The van der Waals surface area contributed by atoms with E-state index in [2.05, 4.69) is 10.3 Å². The van der Waals surface area contributed by atoms with Gasteiger partial charge in [-0.1, -0.05) is 30.3 Å². The maximum absolute atomic E-state index is 12.3. The smallest absolute Gasteiger partial charge is 0.251 e. The summed E-state index contributed by atoms with van der Waals surface area (Å²) in [4.78, 5) is 16.7. The minimum absolute atomic E-state index is 0.0774. The van der Waals surface area contributed by atoms with Crippen LogP contribution in [-0.2, 0) is 4.74 Å². The van der Waals surface area contributed by atoms with E-state index in [1.165, 1.54) is 0 Å². The Balaban J connectivity index is 1.69. The number of rotatable bonds is 7. The third-order valence-corrected chi connectivity index (χ3v) is 4.32. The number of amides is 1. The first-order chi connectivity index (χ1) is 13.1. The summed E-state index contributed by atoms with van der Waals surface area (Å²) in [6.07, 6.45) is 2.73. The average Bonchev–Trinajstić information content (AvgIpc) is 2.67. The lowest BCUT2D eigenvalue weighted by Crippen LogP contribution is -2.25. The number of nitrogens with two attached hydrogens (primary N) is 1. The first kappa shape index (κ1) is 18.9. The molecule has 0 radical (unpaired) electrons. The quantitative estimate of drug-likeness (QED) is 0.621. The van der Waals surface area contributed by atoms with Crippen LogP contribution in [-0.4, -0.2) is 30.1 Å². The number of carbonyl (C=O) groups excluding carboxylic acids is 1. The molecule has 5 heteroatoms. The minimum atomic E-state index is -0.0774. The summed E-state index contributed by atoms with van der Waals surface area (Å²) in [5.41, 5.74) is 10.3. The molecular formula is C22H25N3O2. The van der Waals surface area contributed by atoms with Crippen LogP contribution in [0, 0.1) is 0 Å². The van der Waals surface area contributed by atoms with Crippen LogP contribution in [0.1, 0.15) is 30.6 Å². The van der Waals surface area contributed by atoms with Crippen LogP contribution in [0.2, 0.25) is 0 Å². The van der Waals surface area contributed by atoms with Gasteiger partial charge in [0, 0.05) is 41.5 Å². The topological polar surface area (TPSA) is 77.2 Å². The Labute approximate surface area is 159 Å². The Bertz CT molecular complexity index is 920. The fourth-order valence-corrected chi connectivity index (χ4v) is 2.93. The van der Waals surface area contributed by atoms with E-state index in [9.17, 15) is 4.79 Å². The molecule has 0 spiro atoms. The highest BCUT2D eigenvalue weighted by Gasteiger charge is 2.09. The molecule has 0 unspecified atom stereocenters. The van der Waals surface area contributed by atoms with Crippen molar-refractivity contribution in [3.63, 3.8) is 0 Å². The van der Waals surface area contributed by atoms with Gasteiger partial charge in [0.05, 0.1) is 11.6 Å². The van der Waals surface area contributed by atoms with Gasteiger partial charge in [-0.3, -0.25) is 9.78 Å². The van der Waals surface area contributed by atoms with Crippen molar-refractivity contribution in [1.29, 1.82) is 0 Å². The summed E-state index contributed by atoms with van der Waals surface area (Å²) in [5.74, 6) is -0.0774. The summed E-state index contributed by atoms with van der Waals surface area (Å²) in [5, 5.41) is 3.85. The number of fused-ring (bicyclic) bond motifs is 1. The minimum Gasteiger partial charge on any atom is -0.398 e. The molecule has 3 N–H and O–H groups in total. The van der Waals surface area contributed by atoms with E-state index in [0.717, 1.165) is 28.5 Å². The molecule has 3 rings (SSSR count). The second kappa shape index (κ2) is 8.64. The number of carbonyl (C=O) groups is 1. The SMILES string of the molecule is CC(C)OCCCNC(=O)c1ccc(-c2cccc3c(N)ccnc23)cc1. The van der Waals surface area contributed by atoms with Gasteiger partial charge in [0.15, 0.2) is 0 Å². The molecule has 0 atom stereocenters. The molecule has 0 saturated carbocycles. The molecule has 27 heavy (non-hydrogen) atoms. The molecule has 0 fully saturated rings. The van der Waals surface area contributed by atoms with Gasteiger partial charge in [0.25, 0.3) is 5.91 Å². The highest BCUT2D eigenvalue weighted by molar-refractivity contribution is 6.00. The molecule has 3 aromatic rings. The zero-order chi connectivity index (χ0) is 19.2. The van der Waals surface area contributed by atoms with Gasteiger partial charge in [-0.25, -0.2) is 0 Å². The molecular weight excluding hydrogens is 338 g/mol.